The minimum atomic E-state index is -1.04. The smallest absolute Gasteiger partial charge is 0.354 e. The second-order valence-electron chi connectivity index (χ2n) is 10.7. The molecule has 0 saturated carbocycles. The van der Waals surface area contributed by atoms with Gasteiger partial charge in [0.2, 0.25) is 0 Å². The monoisotopic (exact) mass is 665 g/mol. The second kappa shape index (κ2) is 16.2. The van der Waals surface area contributed by atoms with Crippen molar-refractivity contribution in [1.82, 2.24) is 34.6 Å². The van der Waals surface area contributed by atoms with Gasteiger partial charge in [-0.25, -0.2) is 18.6 Å². The van der Waals surface area contributed by atoms with E-state index in [1.54, 1.807) is 66.6 Å². The van der Waals surface area contributed by atoms with Crippen molar-refractivity contribution in [3.05, 3.63) is 144 Å². The van der Waals surface area contributed by atoms with Crippen LogP contribution in [0.3, 0.4) is 0 Å². The fraction of sp³-hybridized carbons (Fsp3) is 0.167. The number of aromatic nitrogens is 6. The molecule has 0 atom stereocenters. The molecule has 4 aromatic heterocycles. The fourth-order valence-corrected chi connectivity index (χ4v) is 4.81. The molecule has 250 valence electrons. The standard InChI is InChI=1S/C19H19FN4O2.C17H14FN3O2/c1-23(26-2)19(25)18-13-17(16-5-3-4-11-21-16)22-24(18)12-10-14-6-8-15(20)9-7-14;18-13-6-4-12(5-7-13)8-10-21-16(17(22)23)11-15(20-21)14-3-1-2-9-19-14/h3-9,11,13H,10,12H2,1-2H3;1-7,9,11H,8,10H2,(H,22,23). The molecule has 13 heteroatoms. The van der Waals surface area contributed by atoms with Crippen molar-refractivity contribution >= 4 is 11.9 Å². The Kier molecular flexibility index (Phi) is 11.3. The van der Waals surface area contributed by atoms with E-state index in [4.69, 9.17) is 4.84 Å². The highest BCUT2D eigenvalue weighted by Gasteiger charge is 2.20. The number of aromatic carboxylic acids is 1. The summed E-state index contributed by atoms with van der Waals surface area (Å²) >= 11 is 0. The predicted octanol–water partition coefficient (Wildman–Crippen LogP) is 5.99. The molecule has 0 saturated heterocycles. The van der Waals surface area contributed by atoms with Crippen LogP contribution in [0.5, 0.6) is 0 Å². The third-order valence-electron chi connectivity index (χ3n) is 7.46. The quantitative estimate of drug-likeness (QED) is 0.167. The Morgan fingerprint density at radius 2 is 1.14 bits per heavy atom. The zero-order valence-corrected chi connectivity index (χ0v) is 26.8. The number of rotatable bonds is 11. The number of carboxylic acid groups (broad SMARTS) is 1. The highest BCUT2D eigenvalue weighted by molar-refractivity contribution is 5.92. The summed E-state index contributed by atoms with van der Waals surface area (Å²) in [6.45, 7) is 0.858. The van der Waals surface area contributed by atoms with Crippen LogP contribution < -0.4 is 0 Å². The number of benzene rings is 2. The first kappa shape index (κ1) is 34.3. The van der Waals surface area contributed by atoms with Crippen LogP contribution in [0.15, 0.2) is 109 Å². The Morgan fingerprint density at radius 1 is 0.694 bits per heavy atom. The Labute approximate surface area is 281 Å². The molecule has 0 fully saturated rings. The first-order chi connectivity index (χ1) is 23.7. The van der Waals surface area contributed by atoms with E-state index in [9.17, 15) is 23.5 Å². The van der Waals surface area contributed by atoms with Gasteiger partial charge in [0.15, 0.2) is 0 Å². The van der Waals surface area contributed by atoms with Crippen LogP contribution in [0.2, 0.25) is 0 Å². The molecule has 0 aliphatic carbocycles. The van der Waals surface area contributed by atoms with Crippen LogP contribution in [0.1, 0.15) is 32.1 Å². The van der Waals surface area contributed by atoms with E-state index in [1.807, 2.05) is 24.3 Å². The average molecular weight is 666 g/mol. The Bertz CT molecular complexity index is 1980. The van der Waals surface area contributed by atoms with Gasteiger partial charge in [-0.1, -0.05) is 36.4 Å². The summed E-state index contributed by atoms with van der Waals surface area (Å²) in [5, 5.41) is 19.3. The third-order valence-corrected chi connectivity index (χ3v) is 7.46. The van der Waals surface area contributed by atoms with Gasteiger partial charge in [-0.05, 0) is 78.6 Å². The number of nitrogens with zero attached hydrogens (tertiary/aromatic N) is 7. The number of hydrogen-bond donors (Lipinski definition) is 1. The third kappa shape index (κ3) is 9.05. The molecular weight excluding hydrogens is 632 g/mol. The summed E-state index contributed by atoms with van der Waals surface area (Å²) in [6, 6.07) is 26.5. The maximum atomic E-state index is 13.1. The molecule has 0 bridgehead atoms. The molecule has 1 amide bonds. The number of aryl methyl sites for hydroxylation is 4. The first-order valence-electron chi connectivity index (χ1n) is 15.2. The van der Waals surface area contributed by atoms with Crippen molar-refractivity contribution in [2.45, 2.75) is 25.9 Å². The number of halogens is 2. The zero-order chi connectivity index (χ0) is 34.8. The van der Waals surface area contributed by atoms with Crippen molar-refractivity contribution < 1.29 is 28.3 Å². The molecule has 0 aliphatic heterocycles. The van der Waals surface area contributed by atoms with Gasteiger partial charge in [0, 0.05) is 38.6 Å². The number of carbonyl (C=O) groups is 2. The van der Waals surface area contributed by atoms with E-state index in [2.05, 4.69) is 20.2 Å². The SMILES string of the molecule is CON(C)C(=O)c1cc(-c2ccccn2)nn1CCc1ccc(F)cc1.O=C(O)c1cc(-c2ccccn2)nn1CCc1ccc(F)cc1. The number of carbonyl (C=O) groups excluding carboxylic acids is 1. The summed E-state index contributed by atoms with van der Waals surface area (Å²) < 4.78 is 29.0. The fourth-order valence-electron chi connectivity index (χ4n) is 4.81. The van der Waals surface area contributed by atoms with Crippen molar-refractivity contribution in [3.63, 3.8) is 0 Å². The minimum absolute atomic E-state index is 0.104. The van der Waals surface area contributed by atoms with Gasteiger partial charge < -0.3 is 5.11 Å². The molecule has 11 nitrogen and oxygen atoms in total. The zero-order valence-electron chi connectivity index (χ0n) is 26.8. The van der Waals surface area contributed by atoms with Gasteiger partial charge >= 0.3 is 5.97 Å². The van der Waals surface area contributed by atoms with Crippen LogP contribution in [0.25, 0.3) is 22.8 Å². The van der Waals surface area contributed by atoms with Gasteiger partial charge in [0.1, 0.15) is 34.4 Å². The van der Waals surface area contributed by atoms with Crippen LogP contribution in [-0.4, -0.2) is 65.7 Å². The van der Waals surface area contributed by atoms with Crippen LogP contribution in [0, 0.1) is 11.6 Å². The van der Waals surface area contributed by atoms with Crippen LogP contribution in [0.4, 0.5) is 8.78 Å². The molecule has 49 heavy (non-hydrogen) atoms. The van der Waals surface area contributed by atoms with Gasteiger partial charge in [0.05, 0.1) is 18.5 Å². The lowest BCUT2D eigenvalue weighted by molar-refractivity contribution is -0.0763. The van der Waals surface area contributed by atoms with E-state index >= 15 is 0 Å². The van der Waals surface area contributed by atoms with Crippen LogP contribution in [-0.2, 0) is 30.8 Å². The highest BCUT2D eigenvalue weighted by atomic mass is 19.1. The summed E-state index contributed by atoms with van der Waals surface area (Å²) in [5.41, 5.74) is 4.81. The summed E-state index contributed by atoms with van der Waals surface area (Å²) in [5.74, 6) is -1.92. The molecule has 0 spiro atoms. The topological polar surface area (TPSA) is 128 Å². The number of carboxylic acids is 1. The van der Waals surface area contributed by atoms with E-state index in [1.165, 1.54) is 42.1 Å². The van der Waals surface area contributed by atoms with E-state index in [0.29, 0.717) is 54.4 Å². The molecule has 6 rings (SSSR count). The van der Waals surface area contributed by atoms with Crippen molar-refractivity contribution in [2.24, 2.45) is 0 Å². The Balaban J connectivity index is 0.000000192. The Hall–Kier alpha value is -6.08. The van der Waals surface area contributed by atoms with E-state index in [0.717, 1.165) is 16.2 Å². The van der Waals surface area contributed by atoms with Gasteiger partial charge in [-0.15, -0.1) is 0 Å². The van der Waals surface area contributed by atoms with Crippen molar-refractivity contribution in [1.29, 1.82) is 0 Å². The lowest BCUT2D eigenvalue weighted by atomic mass is 10.1. The number of hydroxylamine groups is 2. The summed E-state index contributed by atoms with van der Waals surface area (Å²) in [4.78, 5) is 37.4. The predicted molar refractivity (Wildman–Crippen MR) is 177 cm³/mol. The molecule has 0 radical (unpaired) electrons. The van der Waals surface area contributed by atoms with Crippen molar-refractivity contribution in [2.75, 3.05) is 14.2 Å². The lowest BCUT2D eigenvalue weighted by Gasteiger charge is -2.14. The van der Waals surface area contributed by atoms with E-state index in [-0.39, 0.29) is 23.2 Å². The molecule has 0 aliphatic rings. The summed E-state index contributed by atoms with van der Waals surface area (Å²) in [6.07, 6.45) is 4.48. The maximum absolute atomic E-state index is 13.1. The molecule has 2 aromatic carbocycles. The average Bonchev–Trinajstić information content (AvgIpc) is 3.77. The molecular formula is C36H33F2N7O4. The number of pyridine rings is 2. The molecule has 4 heterocycles. The summed E-state index contributed by atoms with van der Waals surface area (Å²) in [7, 11) is 2.97. The van der Waals surface area contributed by atoms with Crippen LogP contribution >= 0.6 is 0 Å². The van der Waals surface area contributed by atoms with Gasteiger partial charge in [-0.2, -0.15) is 10.2 Å². The second-order valence-corrected chi connectivity index (χ2v) is 10.7. The lowest BCUT2D eigenvalue weighted by Crippen LogP contribution is -2.28. The normalized spacial score (nSPS) is 10.7. The maximum Gasteiger partial charge on any atom is 0.354 e. The molecule has 6 aromatic rings. The minimum Gasteiger partial charge on any atom is -0.477 e. The molecule has 0 unspecified atom stereocenters. The van der Waals surface area contributed by atoms with Gasteiger partial charge in [0.25, 0.3) is 5.91 Å². The highest BCUT2D eigenvalue weighted by Crippen LogP contribution is 2.19. The van der Waals surface area contributed by atoms with Gasteiger partial charge in [-0.3, -0.25) is 29.0 Å². The molecule has 1 N–H and O–H groups in total. The van der Waals surface area contributed by atoms with E-state index < -0.39 is 5.97 Å². The van der Waals surface area contributed by atoms with Crippen molar-refractivity contribution in [3.8, 4) is 22.8 Å². The first-order valence-corrected chi connectivity index (χ1v) is 15.2. The largest absolute Gasteiger partial charge is 0.477 e. The number of hydrogen-bond acceptors (Lipinski definition) is 7. The number of amides is 1. The Morgan fingerprint density at radius 3 is 1.55 bits per heavy atom.